The van der Waals surface area contributed by atoms with Gasteiger partial charge in [-0.1, -0.05) is 13.3 Å². The maximum atomic E-state index is 12.0. The van der Waals surface area contributed by atoms with E-state index in [1.165, 1.54) is 0 Å². The fourth-order valence-corrected chi connectivity index (χ4v) is 1.97. The number of hydrogen-bond donors (Lipinski definition) is 1. The first kappa shape index (κ1) is 12.5. The Morgan fingerprint density at radius 1 is 1.47 bits per heavy atom. The molecule has 1 heterocycles. The summed E-state index contributed by atoms with van der Waals surface area (Å²) in [7, 11) is 0. The molecule has 0 bridgehead atoms. The van der Waals surface area contributed by atoms with Crippen molar-refractivity contribution in [3.63, 3.8) is 0 Å². The number of ether oxygens (including phenoxy) is 1. The van der Waals surface area contributed by atoms with Crippen LogP contribution >= 0.6 is 0 Å². The lowest BCUT2D eigenvalue weighted by Crippen LogP contribution is -2.41. The van der Waals surface area contributed by atoms with Crippen LogP contribution in [0.25, 0.3) is 0 Å². The van der Waals surface area contributed by atoms with Crippen molar-refractivity contribution >= 4 is 5.97 Å². The van der Waals surface area contributed by atoms with Gasteiger partial charge in [0, 0.05) is 0 Å². The van der Waals surface area contributed by atoms with Crippen molar-refractivity contribution in [2.24, 2.45) is 5.41 Å². The van der Waals surface area contributed by atoms with E-state index in [0.29, 0.717) is 0 Å². The lowest BCUT2D eigenvalue weighted by Gasteiger charge is -2.32. The Labute approximate surface area is 92.6 Å². The summed E-state index contributed by atoms with van der Waals surface area (Å²) in [6.45, 7) is 7.96. The van der Waals surface area contributed by atoms with Gasteiger partial charge in [0.05, 0.1) is 11.5 Å². The van der Waals surface area contributed by atoms with Gasteiger partial charge in [0.2, 0.25) is 0 Å². The van der Waals surface area contributed by atoms with Crippen molar-refractivity contribution in [1.29, 1.82) is 0 Å². The summed E-state index contributed by atoms with van der Waals surface area (Å²) in [6.07, 6.45) is 3.87. The van der Waals surface area contributed by atoms with E-state index in [-0.39, 0.29) is 17.5 Å². The molecule has 88 valence electrons. The molecular formula is C12H23NO2. The number of rotatable bonds is 4. The van der Waals surface area contributed by atoms with E-state index in [0.717, 1.165) is 38.8 Å². The Hall–Kier alpha value is -0.570. The molecule has 0 spiro atoms. The summed E-state index contributed by atoms with van der Waals surface area (Å²) in [5.41, 5.74) is -0.257. The molecule has 1 atom stereocenters. The van der Waals surface area contributed by atoms with Gasteiger partial charge in [0.15, 0.2) is 0 Å². The second kappa shape index (κ2) is 5.50. The maximum absolute atomic E-state index is 12.0. The minimum atomic E-state index is -0.257. The summed E-state index contributed by atoms with van der Waals surface area (Å²) in [6, 6.07) is 0. The third-order valence-electron chi connectivity index (χ3n) is 3.20. The van der Waals surface area contributed by atoms with Crippen LogP contribution in [-0.2, 0) is 9.53 Å². The Bertz CT molecular complexity index is 210. The van der Waals surface area contributed by atoms with Crippen LogP contribution in [0.4, 0.5) is 0 Å². The minimum Gasteiger partial charge on any atom is -0.462 e. The molecule has 0 amide bonds. The van der Waals surface area contributed by atoms with Gasteiger partial charge >= 0.3 is 5.97 Å². The van der Waals surface area contributed by atoms with E-state index in [1.54, 1.807) is 0 Å². The lowest BCUT2D eigenvalue weighted by molar-refractivity contribution is -0.161. The minimum absolute atomic E-state index is 0.00931. The second-order valence-electron chi connectivity index (χ2n) is 4.82. The Balaban J connectivity index is 2.44. The van der Waals surface area contributed by atoms with E-state index < -0.39 is 0 Å². The zero-order valence-electron chi connectivity index (χ0n) is 10.1. The van der Waals surface area contributed by atoms with Crippen LogP contribution in [0.1, 0.15) is 46.5 Å². The molecule has 1 aliphatic heterocycles. The molecule has 15 heavy (non-hydrogen) atoms. The molecule has 3 heteroatoms. The van der Waals surface area contributed by atoms with Crippen molar-refractivity contribution in [1.82, 2.24) is 5.32 Å². The Morgan fingerprint density at radius 3 is 2.60 bits per heavy atom. The van der Waals surface area contributed by atoms with E-state index in [9.17, 15) is 4.79 Å². The van der Waals surface area contributed by atoms with Gasteiger partial charge in [-0.25, -0.2) is 0 Å². The maximum Gasteiger partial charge on any atom is 0.312 e. The summed E-state index contributed by atoms with van der Waals surface area (Å²) < 4.78 is 5.47. The first-order valence-corrected chi connectivity index (χ1v) is 6.00. The molecule has 3 nitrogen and oxygen atoms in total. The molecule has 0 aliphatic carbocycles. The average molecular weight is 213 g/mol. The lowest BCUT2D eigenvalue weighted by atomic mass is 9.81. The predicted molar refractivity (Wildman–Crippen MR) is 60.7 cm³/mol. The van der Waals surface area contributed by atoms with Gasteiger partial charge in [-0.15, -0.1) is 0 Å². The van der Waals surface area contributed by atoms with Crippen molar-refractivity contribution in [2.75, 3.05) is 13.1 Å². The predicted octanol–water partition coefficient (Wildman–Crippen LogP) is 2.11. The normalized spacial score (nSPS) is 22.1. The topological polar surface area (TPSA) is 38.3 Å². The first-order valence-electron chi connectivity index (χ1n) is 6.00. The van der Waals surface area contributed by atoms with Gasteiger partial charge in [0.1, 0.15) is 0 Å². The summed E-state index contributed by atoms with van der Waals surface area (Å²) in [5.74, 6) is -0.00931. The van der Waals surface area contributed by atoms with Crippen LogP contribution in [0.5, 0.6) is 0 Å². The van der Waals surface area contributed by atoms with Crippen molar-refractivity contribution < 1.29 is 9.53 Å². The molecule has 0 radical (unpaired) electrons. The quantitative estimate of drug-likeness (QED) is 0.727. The number of hydrogen-bond acceptors (Lipinski definition) is 3. The molecule has 0 aromatic rings. The summed E-state index contributed by atoms with van der Waals surface area (Å²) in [4.78, 5) is 12.0. The molecule has 0 aromatic heterocycles. The van der Waals surface area contributed by atoms with Gasteiger partial charge < -0.3 is 10.1 Å². The number of piperidine rings is 1. The van der Waals surface area contributed by atoms with Crippen LogP contribution < -0.4 is 5.32 Å². The van der Waals surface area contributed by atoms with Crippen molar-refractivity contribution in [3.8, 4) is 0 Å². The van der Waals surface area contributed by atoms with Gasteiger partial charge in [-0.3, -0.25) is 4.79 Å². The van der Waals surface area contributed by atoms with Crippen LogP contribution in [0.2, 0.25) is 0 Å². The number of carbonyl (C=O) groups excluding carboxylic acids is 1. The largest absolute Gasteiger partial charge is 0.462 e. The zero-order chi connectivity index (χ0) is 11.3. The fraction of sp³-hybridized carbons (Fsp3) is 0.917. The van der Waals surface area contributed by atoms with Crippen LogP contribution in [0, 0.1) is 5.41 Å². The SMILES string of the molecule is CCCC(C)OC(=O)C1(C)CCNCC1. The molecule has 0 saturated carbocycles. The van der Waals surface area contributed by atoms with Gasteiger partial charge in [0.25, 0.3) is 0 Å². The second-order valence-corrected chi connectivity index (χ2v) is 4.82. The highest BCUT2D eigenvalue weighted by molar-refractivity contribution is 5.76. The van der Waals surface area contributed by atoms with Crippen molar-refractivity contribution in [2.45, 2.75) is 52.6 Å². The van der Waals surface area contributed by atoms with E-state index >= 15 is 0 Å². The summed E-state index contributed by atoms with van der Waals surface area (Å²) in [5, 5.41) is 3.27. The molecular weight excluding hydrogens is 190 g/mol. The highest BCUT2D eigenvalue weighted by Crippen LogP contribution is 2.30. The monoisotopic (exact) mass is 213 g/mol. The molecule has 1 saturated heterocycles. The Kier molecular flexibility index (Phi) is 4.58. The van der Waals surface area contributed by atoms with Crippen LogP contribution in [0.15, 0.2) is 0 Å². The molecule has 1 unspecified atom stereocenters. The fourth-order valence-electron chi connectivity index (χ4n) is 1.97. The first-order chi connectivity index (χ1) is 7.08. The molecule has 0 aromatic carbocycles. The highest BCUT2D eigenvalue weighted by Gasteiger charge is 2.36. The van der Waals surface area contributed by atoms with E-state index in [2.05, 4.69) is 12.2 Å². The highest BCUT2D eigenvalue weighted by atomic mass is 16.5. The van der Waals surface area contributed by atoms with E-state index in [4.69, 9.17) is 4.74 Å². The van der Waals surface area contributed by atoms with Gasteiger partial charge in [-0.2, -0.15) is 0 Å². The smallest absolute Gasteiger partial charge is 0.312 e. The zero-order valence-corrected chi connectivity index (χ0v) is 10.1. The molecule has 1 fully saturated rings. The third kappa shape index (κ3) is 3.49. The molecule has 1 N–H and O–H groups in total. The van der Waals surface area contributed by atoms with Crippen LogP contribution in [-0.4, -0.2) is 25.2 Å². The molecule has 1 rings (SSSR count). The van der Waals surface area contributed by atoms with Crippen LogP contribution in [0.3, 0.4) is 0 Å². The van der Waals surface area contributed by atoms with Crippen molar-refractivity contribution in [3.05, 3.63) is 0 Å². The summed E-state index contributed by atoms with van der Waals surface area (Å²) >= 11 is 0. The number of esters is 1. The van der Waals surface area contributed by atoms with Gasteiger partial charge in [-0.05, 0) is 46.2 Å². The standard InChI is InChI=1S/C12H23NO2/c1-4-5-10(2)15-11(14)12(3)6-8-13-9-7-12/h10,13H,4-9H2,1-3H3. The Morgan fingerprint density at radius 2 is 2.07 bits per heavy atom. The number of carbonyl (C=O) groups is 1. The van der Waals surface area contributed by atoms with E-state index in [1.807, 2.05) is 13.8 Å². The third-order valence-corrected chi connectivity index (χ3v) is 3.20. The average Bonchev–Trinajstić information content (AvgIpc) is 2.19. The number of nitrogens with one attached hydrogen (secondary N) is 1. The molecule has 1 aliphatic rings.